The maximum atomic E-state index is 13.0. The van der Waals surface area contributed by atoms with Gasteiger partial charge in [0.05, 0.1) is 10.0 Å². The van der Waals surface area contributed by atoms with Crippen LogP contribution in [-0.4, -0.2) is 16.8 Å². The topological polar surface area (TPSA) is 40.5 Å². The highest BCUT2D eigenvalue weighted by Gasteiger charge is 2.34. The lowest BCUT2D eigenvalue weighted by Gasteiger charge is -2.16. The molecule has 0 amide bonds. The standard InChI is InChI=1S/C8H6BrClF2O2/c9-6-2-4(10)1-5(7(6)14)8(11,12)3-13/h1-2,13-14H,3H2. The number of phenols is 1. The molecule has 0 saturated carbocycles. The van der Waals surface area contributed by atoms with Crippen LogP contribution >= 0.6 is 27.5 Å². The number of halogens is 4. The molecule has 0 bridgehead atoms. The molecule has 14 heavy (non-hydrogen) atoms. The van der Waals surface area contributed by atoms with Crippen LogP contribution in [-0.2, 0) is 5.92 Å². The molecule has 0 saturated heterocycles. The average molecular weight is 287 g/mol. The van der Waals surface area contributed by atoms with Crippen LogP contribution in [0.15, 0.2) is 16.6 Å². The van der Waals surface area contributed by atoms with Crippen molar-refractivity contribution in [1.29, 1.82) is 0 Å². The molecule has 0 unspecified atom stereocenters. The molecule has 0 atom stereocenters. The highest BCUT2D eigenvalue weighted by molar-refractivity contribution is 9.10. The Kier molecular flexibility index (Phi) is 3.34. The quantitative estimate of drug-likeness (QED) is 0.878. The molecular formula is C8H6BrClF2O2. The van der Waals surface area contributed by atoms with Gasteiger partial charge in [-0.2, -0.15) is 8.78 Å². The molecule has 78 valence electrons. The predicted octanol–water partition coefficient (Wildman–Crippen LogP) is 2.89. The number of rotatable bonds is 2. The normalized spacial score (nSPS) is 11.8. The molecular weight excluding hydrogens is 281 g/mol. The van der Waals surface area contributed by atoms with Crippen LogP contribution in [0.2, 0.25) is 5.02 Å². The van der Waals surface area contributed by atoms with Crippen molar-refractivity contribution in [2.75, 3.05) is 6.61 Å². The number of aliphatic hydroxyl groups excluding tert-OH is 1. The van der Waals surface area contributed by atoms with Crippen LogP contribution in [0.25, 0.3) is 0 Å². The summed E-state index contributed by atoms with van der Waals surface area (Å²) in [5.41, 5.74) is -0.695. The second-order valence-electron chi connectivity index (χ2n) is 2.65. The van der Waals surface area contributed by atoms with Crippen LogP contribution in [0.4, 0.5) is 8.78 Å². The monoisotopic (exact) mass is 286 g/mol. The van der Waals surface area contributed by atoms with Gasteiger partial charge in [0.1, 0.15) is 12.4 Å². The van der Waals surface area contributed by atoms with Crippen LogP contribution < -0.4 is 0 Å². The summed E-state index contributed by atoms with van der Waals surface area (Å²) < 4.78 is 26.1. The summed E-state index contributed by atoms with van der Waals surface area (Å²) in [6.07, 6.45) is 0. The Labute approximate surface area is 92.3 Å². The van der Waals surface area contributed by atoms with E-state index in [0.29, 0.717) is 0 Å². The third-order valence-corrected chi connectivity index (χ3v) is 2.44. The SMILES string of the molecule is OCC(F)(F)c1cc(Cl)cc(Br)c1O. The van der Waals surface area contributed by atoms with Crippen molar-refractivity contribution >= 4 is 27.5 Å². The van der Waals surface area contributed by atoms with Gasteiger partial charge in [0.15, 0.2) is 0 Å². The van der Waals surface area contributed by atoms with Gasteiger partial charge in [-0.15, -0.1) is 0 Å². The summed E-state index contributed by atoms with van der Waals surface area (Å²) in [6, 6.07) is 2.20. The van der Waals surface area contributed by atoms with Gasteiger partial charge < -0.3 is 10.2 Å². The third-order valence-electron chi connectivity index (χ3n) is 1.62. The first-order valence-electron chi connectivity index (χ1n) is 3.55. The van der Waals surface area contributed by atoms with E-state index < -0.39 is 23.8 Å². The average Bonchev–Trinajstić information content (AvgIpc) is 2.11. The second-order valence-corrected chi connectivity index (χ2v) is 3.94. The van der Waals surface area contributed by atoms with Crippen molar-refractivity contribution < 1.29 is 19.0 Å². The summed E-state index contributed by atoms with van der Waals surface area (Å²) in [7, 11) is 0. The molecule has 0 aromatic heterocycles. The predicted molar refractivity (Wildman–Crippen MR) is 51.8 cm³/mol. The highest BCUT2D eigenvalue weighted by Crippen LogP contribution is 2.40. The molecule has 0 spiro atoms. The number of benzene rings is 1. The largest absolute Gasteiger partial charge is 0.506 e. The number of alkyl halides is 2. The van der Waals surface area contributed by atoms with Crippen molar-refractivity contribution in [3.63, 3.8) is 0 Å². The number of aromatic hydroxyl groups is 1. The maximum absolute atomic E-state index is 13.0. The van der Waals surface area contributed by atoms with Gasteiger partial charge in [-0.1, -0.05) is 11.6 Å². The Morgan fingerprint density at radius 1 is 1.43 bits per heavy atom. The molecule has 0 aliphatic rings. The molecule has 2 nitrogen and oxygen atoms in total. The molecule has 6 heteroatoms. The number of hydrogen-bond acceptors (Lipinski definition) is 2. The zero-order valence-corrected chi connectivity index (χ0v) is 9.11. The minimum atomic E-state index is -3.50. The fourth-order valence-electron chi connectivity index (χ4n) is 0.930. The minimum Gasteiger partial charge on any atom is -0.506 e. The summed E-state index contributed by atoms with van der Waals surface area (Å²) >= 11 is 8.40. The molecule has 0 radical (unpaired) electrons. The smallest absolute Gasteiger partial charge is 0.299 e. The van der Waals surface area contributed by atoms with Crippen molar-refractivity contribution in [2.24, 2.45) is 0 Å². The summed E-state index contributed by atoms with van der Waals surface area (Å²) in [4.78, 5) is 0. The van der Waals surface area contributed by atoms with E-state index in [1.165, 1.54) is 6.07 Å². The lowest BCUT2D eigenvalue weighted by Crippen LogP contribution is -2.18. The Bertz CT molecular complexity index is 357. The van der Waals surface area contributed by atoms with Crippen LogP contribution in [0.1, 0.15) is 5.56 Å². The van der Waals surface area contributed by atoms with Gasteiger partial charge in [-0.3, -0.25) is 0 Å². The molecule has 0 heterocycles. The summed E-state index contributed by atoms with van der Waals surface area (Å²) in [5.74, 6) is -4.12. The van der Waals surface area contributed by atoms with E-state index in [1.807, 2.05) is 0 Å². The molecule has 2 N–H and O–H groups in total. The van der Waals surface area contributed by atoms with Crippen LogP contribution in [0, 0.1) is 0 Å². The van der Waals surface area contributed by atoms with Gasteiger partial charge in [-0.05, 0) is 28.1 Å². The van der Waals surface area contributed by atoms with E-state index in [1.54, 1.807) is 0 Å². The maximum Gasteiger partial charge on any atom is 0.299 e. The minimum absolute atomic E-state index is 0.0535. The van der Waals surface area contributed by atoms with Gasteiger partial charge in [0.2, 0.25) is 0 Å². The second kappa shape index (κ2) is 4.00. The Morgan fingerprint density at radius 2 is 2.00 bits per heavy atom. The Morgan fingerprint density at radius 3 is 2.50 bits per heavy atom. The van der Waals surface area contributed by atoms with Gasteiger partial charge in [0.25, 0.3) is 5.92 Å². The summed E-state index contributed by atoms with van der Waals surface area (Å²) in [5, 5.41) is 17.8. The molecule has 0 fully saturated rings. The first kappa shape index (κ1) is 11.7. The van der Waals surface area contributed by atoms with E-state index in [0.717, 1.165) is 6.07 Å². The molecule has 1 rings (SSSR count). The molecule has 0 aliphatic carbocycles. The first-order chi connectivity index (χ1) is 6.38. The van der Waals surface area contributed by atoms with Gasteiger partial charge in [0, 0.05) is 5.02 Å². The van der Waals surface area contributed by atoms with E-state index in [4.69, 9.17) is 16.7 Å². The Balaban J connectivity index is 3.34. The molecule has 1 aromatic rings. The van der Waals surface area contributed by atoms with E-state index in [9.17, 15) is 13.9 Å². The fraction of sp³-hybridized carbons (Fsp3) is 0.250. The van der Waals surface area contributed by atoms with Crippen molar-refractivity contribution in [1.82, 2.24) is 0 Å². The zero-order valence-electron chi connectivity index (χ0n) is 6.77. The number of aliphatic hydroxyl groups is 1. The third kappa shape index (κ3) is 2.16. The zero-order chi connectivity index (χ0) is 10.9. The lowest BCUT2D eigenvalue weighted by atomic mass is 10.1. The number of hydrogen-bond donors (Lipinski definition) is 2. The van der Waals surface area contributed by atoms with Crippen LogP contribution in [0.5, 0.6) is 5.75 Å². The fourth-order valence-corrected chi connectivity index (χ4v) is 1.74. The number of phenolic OH excluding ortho intramolecular Hbond substituents is 1. The summed E-state index contributed by atoms with van der Waals surface area (Å²) in [6.45, 7) is -1.38. The van der Waals surface area contributed by atoms with E-state index in [-0.39, 0.29) is 9.50 Å². The van der Waals surface area contributed by atoms with Gasteiger partial charge in [-0.25, -0.2) is 0 Å². The van der Waals surface area contributed by atoms with E-state index >= 15 is 0 Å². The van der Waals surface area contributed by atoms with Gasteiger partial charge >= 0.3 is 0 Å². The van der Waals surface area contributed by atoms with E-state index in [2.05, 4.69) is 15.9 Å². The first-order valence-corrected chi connectivity index (χ1v) is 4.72. The van der Waals surface area contributed by atoms with Crippen molar-refractivity contribution in [2.45, 2.75) is 5.92 Å². The van der Waals surface area contributed by atoms with Crippen LogP contribution in [0.3, 0.4) is 0 Å². The van der Waals surface area contributed by atoms with Crippen molar-refractivity contribution in [3.8, 4) is 5.75 Å². The Hall–Kier alpha value is -0.390. The lowest BCUT2D eigenvalue weighted by molar-refractivity contribution is -0.0571. The van der Waals surface area contributed by atoms with Crippen molar-refractivity contribution in [3.05, 3.63) is 27.2 Å². The highest BCUT2D eigenvalue weighted by atomic mass is 79.9. The molecule has 0 aliphatic heterocycles. The molecule has 1 aromatic carbocycles.